The summed E-state index contributed by atoms with van der Waals surface area (Å²) in [5.74, 6) is 0.884. The van der Waals surface area contributed by atoms with E-state index in [1.165, 1.54) is 5.39 Å². The molecule has 0 saturated heterocycles. The first-order chi connectivity index (χ1) is 8.04. The number of aromatic amines is 1. The summed E-state index contributed by atoms with van der Waals surface area (Å²) < 4.78 is 11.2. The number of aromatic nitrogens is 1. The Kier molecular flexibility index (Phi) is 3.38. The van der Waals surface area contributed by atoms with Crippen molar-refractivity contribution in [3.8, 4) is 5.75 Å². The van der Waals surface area contributed by atoms with Crippen molar-refractivity contribution in [1.82, 2.24) is 4.98 Å². The van der Waals surface area contributed by atoms with Crippen LogP contribution in [-0.4, -0.2) is 23.8 Å². The monoisotopic (exact) mass is 233 g/mol. The van der Waals surface area contributed by atoms with Crippen LogP contribution in [0.25, 0.3) is 10.9 Å². The van der Waals surface area contributed by atoms with E-state index in [2.05, 4.69) is 4.98 Å². The molecule has 1 aromatic heterocycles. The van der Waals surface area contributed by atoms with Gasteiger partial charge in [0.05, 0.1) is 12.2 Å². The first-order valence-electron chi connectivity index (χ1n) is 5.88. The molecule has 0 saturated carbocycles. The van der Waals surface area contributed by atoms with Gasteiger partial charge in [-0.1, -0.05) is 0 Å². The maximum absolute atomic E-state index is 5.64. The number of nitrogens with one attached hydrogen (secondary N) is 1. The van der Waals surface area contributed by atoms with Gasteiger partial charge >= 0.3 is 0 Å². The SMILES string of the molecule is CC(C)(C)OCCOc1ccc2[nH]ccc2c1. The van der Waals surface area contributed by atoms with Gasteiger partial charge in [-0.3, -0.25) is 0 Å². The normalized spacial score (nSPS) is 11.9. The second kappa shape index (κ2) is 4.80. The van der Waals surface area contributed by atoms with E-state index < -0.39 is 0 Å². The topological polar surface area (TPSA) is 34.2 Å². The third kappa shape index (κ3) is 3.49. The van der Waals surface area contributed by atoms with E-state index in [1.807, 2.05) is 51.2 Å². The lowest BCUT2D eigenvalue weighted by Gasteiger charge is -2.19. The molecule has 2 rings (SSSR count). The highest BCUT2D eigenvalue weighted by Crippen LogP contribution is 2.19. The van der Waals surface area contributed by atoms with E-state index in [0.717, 1.165) is 11.3 Å². The van der Waals surface area contributed by atoms with Crippen LogP contribution in [0.3, 0.4) is 0 Å². The second-order valence-corrected chi connectivity index (χ2v) is 5.04. The average Bonchev–Trinajstić information content (AvgIpc) is 2.70. The van der Waals surface area contributed by atoms with Crippen LogP contribution in [-0.2, 0) is 4.74 Å². The lowest BCUT2D eigenvalue weighted by atomic mass is 10.2. The zero-order valence-electron chi connectivity index (χ0n) is 10.6. The minimum absolute atomic E-state index is 0.103. The minimum Gasteiger partial charge on any atom is -0.491 e. The Morgan fingerprint density at radius 1 is 1.12 bits per heavy atom. The molecule has 92 valence electrons. The largest absolute Gasteiger partial charge is 0.491 e. The van der Waals surface area contributed by atoms with Crippen molar-refractivity contribution in [1.29, 1.82) is 0 Å². The summed E-state index contributed by atoms with van der Waals surface area (Å²) in [6.07, 6.45) is 1.93. The molecule has 0 atom stereocenters. The smallest absolute Gasteiger partial charge is 0.120 e. The van der Waals surface area contributed by atoms with E-state index in [1.54, 1.807) is 0 Å². The second-order valence-electron chi connectivity index (χ2n) is 5.04. The fraction of sp³-hybridized carbons (Fsp3) is 0.429. The van der Waals surface area contributed by atoms with Crippen molar-refractivity contribution in [2.45, 2.75) is 26.4 Å². The van der Waals surface area contributed by atoms with E-state index in [-0.39, 0.29) is 5.60 Å². The van der Waals surface area contributed by atoms with Gasteiger partial charge in [-0.05, 0) is 45.0 Å². The summed E-state index contributed by atoms with van der Waals surface area (Å²) in [6, 6.07) is 8.06. The Balaban J connectivity index is 1.86. The molecule has 0 amide bonds. The number of hydrogen-bond donors (Lipinski definition) is 1. The highest BCUT2D eigenvalue weighted by atomic mass is 16.5. The molecule has 3 nitrogen and oxygen atoms in total. The first-order valence-corrected chi connectivity index (χ1v) is 5.88. The van der Waals surface area contributed by atoms with Gasteiger partial charge in [0.15, 0.2) is 0 Å². The molecule has 0 bridgehead atoms. The van der Waals surface area contributed by atoms with E-state index in [0.29, 0.717) is 13.2 Å². The summed E-state index contributed by atoms with van der Waals surface area (Å²) in [5.41, 5.74) is 1.02. The van der Waals surface area contributed by atoms with Crippen LogP contribution in [0.2, 0.25) is 0 Å². The van der Waals surface area contributed by atoms with Crippen LogP contribution in [0.1, 0.15) is 20.8 Å². The van der Waals surface area contributed by atoms with Gasteiger partial charge in [0, 0.05) is 17.1 Å². The Morgan fingerprint density at radius 3 is 2.71 bits per heavy atom. The third-order valence-corrected chi connectivity index (χ3v) is 2.41. The van der Waals surface area contributed by atoms with Crippen molar-refractivity contribution in [3.05, 3.63) is 30.5 Å². The number of benzene rings is 1. The zero-order chi connectivity index (χ0) is 12.3. The number of H-pyrrole nitrogens is 1. The Morgan fingerprint density at radius 2 is 1.94 bits per heavy atom. The highest BCUT2D eigenvalue weighted by molar-refractivity contribution is 5.80. The molecule has 1 N–H and O–H groups in total. The van der Waals surface area contributed by atoms with Gasteiger partial charge in [0.2, 0.25) is 0 Å². The lowest BCUT2D eigenvalue weighted by molar-refractivity contribution is -0.0162. The summed E-state index contributed by atoms with van der Waals surface area (Å²) in [7, 11) is 0. The van der Waals surface area contributed by atoms with Crippen LogP contribution in [0, 0.1) is 0 Å². The molecule has 0 aliphatic heterocycles. The lowest BCUT2D eigenvalue weighted by Crippen LogP contribution is -2.22. The molecule has 0 aliphatic carbocycles. The Bertz CT molecular complexity index is 482. The summed E-state index contributed by atoms with van der Waals surface area (Å²) in [4.78, 5) is 3.15. The molecular formula is C14H19NO2. The molecule has 0 unspecified atom stereocenters. The van der Waals surface area contributed by atoms with Crippen LogP contribution in [0.4, 0.5) is 0 Å². The zero-order valence-corrected chi connectivity index (χ0v) is 10.6. The molecule has 17 heavy (non-hydrogen) atoms. The summed E-state index contributed by atoms with van der Waals surface area (Å²) in [5, 5.41) is 1.17. The van der Waals surface area contributed by atoms with Crippen molar-refractivity contribution >= 4 is 10.9 Å². The fourth-order valence-corrected chi connectivity index (χ4v) is 1.63. The van der Waals surface area contributed by atoms with Crippen LogP contribution in [0.15, 0.2) is 30.5 Å². The van der Waals surface area contributed by atoms with Gasteiger partial charge in [-0.25, -0.2) is 0 Å². The van der Waals surface area contributed by atoms with Gasteiger partial charge in [-0.15, -0.1) is 0 Å². The van der Waals surface area contributed by atoms with Crippen LogP contribution in [0.5, 0.6) is 5.75 Å². The van der Waals surface area contributed by atoms with E-state index in [9.17, 15) is 0 Å². The van der Waals surface area contributed by atoms with E-state index >= 15 is 0 Å². The number of fused-ring (bicyclic) bond motifs is 1. The molecule has 1 heterocycles. The van der Waals surface area contributed by atoms with Gasteiger partial charge in [0.25, 0.3) is 0 Å². The van der Waals surface area contributed by atoms with Crippen molar-refractivity contribution in [2.75, 3.05) is 13.2 Å². The maximum atomic E-state index is 5.64. The highest BCUT2D eigenvalue weighted by Gasteiger charge is 2.09. The molecule has 1 aromatic carbocycles. The predicted octanol–water partition coefficient (Wildman–Crippen LogP) is 3.36. The van der Waals surface area contributed by atoms with Crippen LogP contribution >= 0.6 is 0 Å². The van der Waals surface area contributed by atoms with E-state index in [4.69, 9.17) is 9.47 Å². The molecule has 2 aromatic rings. The first kappa shape index (κ1) is 12.0. The van der Waals surface area contributed by atoms with Crippen molar-refractivity contribution in [2.24, 2.45) is 0 Å². The third-order valence-electron chi connectivity index (χ3n) is 2.41. The van der Waals surface area contributed by atoms with Crippen molar-refractivity contribution < 1.29 is 9.47 Å². The summed E-state index contributed by atoms with van der Waals surface area (Å²) >= 11 is 0. The van der Waals surface area contributed by atoms with Gasteiger partial charge in [-0.2, -0.15) is 0 Å². The minimum atomic E-state index is -0.103. The predicted molar refractivity (Wildman–Crippen MR) is 69.5 cm³/mol. The fourth-order valence-electron chi connectivity index (χ4n) is 1.63. The molecule has 0 fully saturated rings. The van der Waals surface area contributed by atoms with Gasteiger partial charge < -0.3 is 14.5 Å². The molecule has 3 heteroatoms. The molecule has 0 radical (unpaired) electrons. The molecular weight excluding hydrogens is 214 g/mol. The Hall–Kier alpha value is -1.48. The number of ether oxygens (including phenoxy) is 2. The molecule has 0 spiro atoms. The summed E-state index contributed by atoms with van der Waals surface area (Å²) in [6.45, 7) is 7.30. The van der Waals surface area contributed by atoms with Crippen molar-refractivity contribution in [3.63, 3.8) is 0 Å². The number of rotatable bonds is 4. The maximum Gasteiger partial charge on any atom is 0.120 e. The van der Waals surface area contributed by atoms with Gasteiger partial charge in [0.1, 0.15) is 12.4 Å². The Labute approximate surface area is 102 Å². The van der Waals surface area contributed by atoms with Crippen LogP contribution < -0.4 is 4.74 Å². The average molecular weight is 233 g/mol. The molecule has 0 aliphatic rings. The quantitative estimate of drug-likeness (QED) is 0.822. The number of hydrogen-bond acceptors (Lipinski definition) is 2. The standard InChI is InChI=1S/C14H19NO2/c1-14(2,3)17-9-8-16-12-4-5-13-11(10-12)6-7-15-13/h4-7,10,15H,8-9H2,1-3H3.